The van der Waals surface area contributed by atoms with Crippen LogP contribution in [0.1, 0.15) is 20.3 Å². The number of rotatable bonds is 7. The van der Waals surface area contributed by atoms with Crippen molar-refractivity contribution in [1.29, 1.82) is 0 Å². The van der Waals surface area contributed by atoms with Gasteiger partial charge in [0.25, 0.3) is 0 Å². The molecular formula is C15H19NO4. The molecule has 0 heterocycles. The Kier molecular flexibility index (Phi) is 6.46. The third-order valence-electron chi connectivity index (χ3n) is 2.41. The number of carbonyl (C=O) groups is 2. The second-order valence-electron chi connectivity index (χ2n) is 4.22. The Hall–Kier alpha value is -2.14. The summed E-state index contributed by atoms with van der Waals surface area (Å²) >= 11 is 0. The van der Waals surface area contributed by atoms with Crippen LogP contribution in [-0.2, 0) is 14.3 Å². The largest absolute Gasteiger partial charge is 0.425 e. The molecule has 0 aliphatic heterocycles. The molecule has 0 saturated carbocycles. The monoisotopic (exact) mass is 277 g/mol. The number of carbonyl (C=O) groups excluding carboxylic acids is 2. The summed E-state index contributed by atoms with van der Waals surface area (Å²) < 4.78 is 10.5. The maximum Gasteiger partial charge on any atom is 0.340 e. The first-order chi connectivity index (χ1) is 9.52. The van der Waals surface area contributed by atoms with Crippen LogP contribution in [0.15, 0.2) is 36.9 Å². The van der Waals surface area contributed by atoms with Crippen LogP contribution in [0.25, 0.3) is 0 Å². The summed E-state index contributed by atoms with van der Waals surface area (Å²) in [5.74, 6) is -0.205. The van der Waals surface area contributed by atoms with Gasteiger partial charge in [-0.15, -0.1) is 6.58 Å². The summed E-state index contributed by atoms with van der Waals surface area (Å²) in [5.41, 5.74) is 0.646. The SMILES string of the molecule is C=CCCOC(C)C(=O)Oc1ccc(NC(C)=O)cc1. The molecule has 0 bridgehead atoms. The van der Waals surface area contributed by atoms with Gasteiger partial charge in [-0.05, 0) is 37.6 Å². The molecule has 108 valence electrons. The average molecular weight is 277 g/mol. The fourth-order valence-electron chi connectivity index (χ4n) is 1.40. The van der Waals surface area contributed by atoms with Crippen molar-refractivity contribution in [2.45, 2.75) is 26.4 Å². The molecule has 1 N–H and O–H groups in total. The molecule has 0 aliphatic rings. The van der Waals surface area contributed by atoms with E-state index in [0.29, 0.717) is 24.5 Å². The molecule has 20 heavy (non-hydrogen) atoms. The molecule has 0 saturated heterocycles. The highest BCUT2D eigenvalue weighted by Gasteiger charge is 2.15. The lowest BCUT2D eigenvalue weighted by Gasteiger charge is -2.12. The summed E-state index contributed by atoms with van der Waals surface area (Å²) in [6.07, 6.45) is 1.77. The number of ether oxygens (including phenoxy) is 2. The molecule has 0 radical (unpaired) electrons. The van der Waals surface area contributed by atoms with Gasteiger partial charge >= 0.3 is 5.97 Å². The number of hydrogen-bond acceptors (Lipinski definition) is 4. The first-order valence-electron chi connectivity index (χ1n) is 6.34. The lowest BCUT2D eigenvalue weighted by Crippen LogP contribution is -2.26. The van der Waals surface area contributed by atoms with Crippen LogP contribution in [0.5, 0.6) is 5.75 Å². The van der Waals surface area contributed by atoms with Gasteiger partial charge in [0.05, 0.1) is 6.61 Å². The maximum atomic E-state index is 11.7. The summed E-state index contributed by atoms with van der Waals surface area (Å²) in [6.45, 7) is 7.07. The van der Waals surface area contributed by atoms with Gasteiger partial charge in [-0.25, -0.2) is 4.79 Å². The third kappa shape index (κ3) is 5.67. The quantitative estimate of drug-likeness (QED) is 0.360. The fraction of sp³-hybridized carbons (Fsp3) is 0.333. The van der Waals surface area contributed by atoms with Crippen molar-refractivity contribution in [3.8, 4) is 5.75 Å². The predicted molar refractivity (Wildman–Crippen MR) is 76.6 cm³/mol. The summed E-state index contributed by atoms with van der Waals surface area (Å²) in [7, 11) is 0. The molecule has 0 fully saturated rings. The number of anilines is 1. The number of amides is 1. The minimum absolute atomic E-state index is 0.154. The average Bonchev–Trinajstić information content (AvgIpc) is 2.40. The Morgan fingerprint density at radius 1 is 1.35 bits per heavy atom. The highest BCUT2D eigenvalue weighted by Crippen LogP contribution is 2.16. The zero-order chi connectivity index (χ0) is 15.0. The minimum atomic E-state index is -0.634. The van der Waals surface area contributed by atoms with Crippen molar-refractivity contribution in [2.24, 2.45) is 0 Å². The Morgan fingerprint density at radius 2 is 2.00 bits per heavy atom. The van der Waals surface area contributed by atoms with Gasteiger partial charge in [0.15, 0.2) is 6.10 Å². The Labute approximate surface area is 118 Å². The summed E-state index contributed by atoms with van der Waals surface area (Å²) in [6, 6.07) is 6.54. The van der Waals surface area contributed by atoms with Crippen LogP contribution >= 0.6 is 0 Å². The van der Waals surface area contributed by atoms with Crippen molar-refractivity contribution in [3.05, 3.63) is 36.9 Å². The van der Waals surface area contributed by atoms with E-state index in [1.165, 1.54) is 6.92 Å². The van der Waals surface area contributed by atoms with Gasteiger partial charge in [-0.2, -0.15) is 0 Å². The van der Waals surface area contributed by atoms with Crippen molar-refractivity contribution in [1.82, 2.24) is 0 Å². The standard InChI is InChI=1S/C15H19NO4/c1-4-5-10-19-11(2)15(18)20-14-8-6-13(7-9-14)16-12(3)17/h4,6-9,11H,1,5,10H2,2-3H3,(H,16,17). The van der Waals surface area contributed by atoms with Crippen LogP contribution in [0.4, 0.5) is 5.69 Å². The van der Waals surface area contributed by atoms with Gasteiger partial charge in [0, 0.05) is 12.6 Å². The van der Waals surface area contributed by atoms with E-state index in [2.05, 4.69) is 11.9 Å². The minimum Gasteiger partial charge on any atom is -0.425 e. The number of hydrogen-bond donors (Lipinski definition) is 1. The lowest BCUT2D eigenvalue weighted by atomic mass is 10.3. The third-order valence-corrected chi connectivity index (χ3v) is 2.41. The smallest absolute Gasteiger partial charge is 0.340 e. The molecule has 1 amide bonds. The number of benzene rings is 1. The number of esters is 1. The van der Waals surface area contributed by atoms with Gasteiger partial charge in [-0.1, -0.05) is 6.08 Å². The molecule has 0 aromatic heterocycles. The second kappa shape index (κ2) is 8.12. The maximum absolute atomic E-state index is 11.7. The molecule has 0 aliphatic carbocycles. The van der Waals surface area contributed by atoms with E-state index < -0.39 is 12.1 Å². The van der Waals surface area contributed by atoms with E-state index in [1.807, 2.05) is 0 Å². The Morgan fingerprint density at radius 3 is 2.55 bits per heavy atom. The molecule has 1 unspecified atom stereocenters. The van der Waals surface area contributed by atoms with E-state index >= 15 is 0 Å². The van der Waals surface area contributed by atoms with Gasteiger partial charge < -0.3 is 14.8 Å². The van der Waals surface area contributed by atoms with Crippen molar-refractivity contribution < 1.29 is 19.1 Å². The predicted octanol–water partition coefficient (Wildman–Crippen LogP) is 2.53. The van der Waals surface area contributed by atoms with Crippen LogP contribution in [-0.4, -0.2) is 24.6 Å². The topological polar surface area (TPSA) is 64.6 Å². The highest BCUT2D eigenvalue weighted by atomic mass is 16.6. The van der Waals surface area contributed by atoms with Crippen LogP contribution < -0.4 is 10.1 Å². The zero-order valence-corrected chi connectivity index (χ0v) is 11.7. The van der Waals surface area contributed by atoms with Crippen LogP contribution in [0.3, 0.4) is 0 Å². The molecular weight excluding hydrogens is 258 g/mol. The number of nitrogens with one attached hydrogen (secondary N) is 1. The molecule has 1 aromatic carbocycles. The summed E-state index contributed by atoms with van der Waals surface area (Å²) in [4.78, 5) is 22.6. The van der Waals surface area contributed by atoms with Crippen molar-refractivity contribution in [2.75, 3.05) is 11.9 Å². The van der Waals surface area contributed by atoms with E-state index in [9.17, 15) is 9.59 Å². The van der Waals surface area contributed by atoms with Crippen LogP contribution in [0.2, 0.25) is 0 Å². The van der Waals surface area contributed by atoms with Crippen molar-refractivity contribution in [3.63, 3.8) is 0 Å². The van der Waals surface area contributed by atoms with Gasteiger partial charge in [-0.3, -0.25) is 4.79 Å². The first kappa shape index (κ1) is 15.9. The molecule has 0 spiro atoms. The summed E-state index contributed by atoms with van der Waals surface area (Å²) in [5, 5.41) is 2.63. The lowest BCUT2D eigenvalue weighted by molar-refractivity contribution is -0.146. The van der Waals surface area contributed by atoms with Crippen molar-refractivity contribution >= 4 is 17.6 Å². The molecule has 1 aromatic rings. The molecule has 5 nitrogen and oxygen atoms in total. The first-order valence-corrected chi connectivity index (χ1v) is 6.34. The van der Waals surface area contributed by atoms with Crippen LogP contribution in [0, 0.1) is 0 Å². The Bertz CT molecular complexity index is 467. The van der Waals surface area contributed by atoms with E-state index in [-0.39, 0.29) is 5.91 Å². The normalized spacial score (nSPS) is 11.5. The second-order valence-corrected chi connectivity index (χ2v) is 4.22. The molecule has 1 atom stereocenters. The van der Waals surface area contributed by atoms with Gasteiger partial charge in [0.1, 0.15) is 5.75 Å². The van der Waals surface area contributed by atoms with Gasteiger partial charge in [0.2, 0.25) is 5.91 Å². The fourth-order valence-corrected chi connectivity index (χ4v) is 1.40. The molecule has 5 heteroatoms. The molecule has 1 rings (SSSR count). The highest BCUT2D eigenvalue weighted by molar-refractivity contribution is 5.88. The van der Waals surface area contributed by atoms with E-state index in [0.717, 1.165) is 0 Å². The Balaban J connectivity index is 2.48. The van der Waals surface area contributed by atoms with E-state index in [4.69, 9.17) is 9.47 Å². The van der Waals surface area contributed by atoms with E-state index in [1.54, 1.807) is 37.3 Å². The zero-order valence-electron chi connectivity index (χ0n) is 11.7.